The van der Waals surface area contributed by atoms with Crippen LogP contribution in [-0.2, 0) is 11.2 Å². The second kappa shape index (κ2) is 5.14. The van der Waals surface area contributed by atoms with Gasteiger partial charge in [0.1, 0.15) is 11.5 Å². The molecule has 0 bridgehead atoms. The number of aryl methyl sites for hydroxylation is 1. The largest absolute Gasteiger partial charge is 0.465 e. The van der Waals surface area contributed by atoms with Crippen LogP contribution in [0.4, 0.5) is 5.82 Å². The topological polar surface area (TPSA) is 70.9 Å². The number of carbonyl (C=O) groups excluding carboxylic acids is 1. The van der Waals surface area contributed by atoms with Crippen LogP contribution in [0.2, 0.25) is 0 Å². The summed E-state index contributed by atoms with van der Waals surface area (Å²) in [5.74, 6) is 2.24. The molecule has 5 nitrogen and oxygen atoms in total. The van der Waals surface area contributed by atoms with Crippen molar-refractivity contribution in [1.29, 1.82) is 0 Å². The first-order chi connectivity index (χ1) is 10.8. The predicted molar refractivity (Wildman–Crippen MR) is 85.1 cm³/mol. The third-order valence-corrected chi connectivity index (χ3v) is 4.83. The molecule has 3 aromatic rings. The van der Waals surface area contributed by atoms with Crippen molar-refractivity contribution < 1.29 is 9.21 Å². The number of rotatable bonds is 3. The maximum absolute atomic E-state index is 12.0. The highest BCUT2D eigenvalue weighted by molar-refractivity contribution is 7.13. The number of aromatic nitrogens is 2. The number of carbonyl (C=O) groups is 1. The highest BCUT2D eigenvalue weighted by Gasteiger charge is 2.34. The van der Waals surface area contributed by atoms with Gasteiger partial charge in [-0.15, -0.1) is 11.3 Å². The summed E-state index contributed by atoms with van der Waals surface area (Å²) in [6.07, 6.45) is 1.22. The molecule has 4 rings (SSSR count). The van der Waals surface area contributed by atoms with E-state index in [1.54, 1.807) is 11.3 Å². The fourth-order valence-electron chi connectivity index (χ4n) is 2.88. The normalized spacial score (nSPS) is 17.3. The molecule has 1 aliphatic rings. The van der Waals surface area contributed by atoms with Crippen LogP contribution in [-0.4, -0.2) is 16.1 Å². The number of H-pyrrole nitrogens is 1. The van der Waals surface area contributed by atoms with Crippen molar-refractivity contribution in [3.63, 3.8) is 0 Å². The number of furan rings is 1. The number of nitrogens with one attached hydrogen (secondary N) is 2. The average molecular weight is 313 g/mol. The Bertz CT molecular complexity index is 816. The van der Waals surface area contributed by atoms with Crippen LogP contribution >= 0.6 is 11.3 Å². The van der Waals surface area contributed by atoms with Gasteiger partial charge < -0.3 is 9.73 Å². The second-order valence-corrected chi connectivity index (χ2v) is 6.25. The first-order valence-electron chi connectivity index (χ1n) is 7.27. The summed E-state index contributed by atoms with van der Waals surface area (Å²) in [5, 5.41) is 12.2. The van der Waals surface area contributed by atoms with Gasteiger partial charge in [-0.1, -0.05) is 13.0 Å². The number of hydrogen-bond acceptors (Lipinski definition) is 4. The summed E-state index contributed by atoms with van der Waals surface area (Å²) in [6.45, 7) is 2.05. The highest BCUT2D eigenvalue weighted by atomic mass is 32.1. The average Bonchev–Trinajstić information content (AvgIpc) is 3.25. The molecule has 0 aliphatic carbocycles. The zero-order chi connectivity index (χ0) is 15.1. The molecule has 1 amide bonds. The molecule has 1 atom stereocenters. The van der Waals surface area contributed by atoms with Crippen molar-refractivity contribution in [2.24, 2.45) is 0 Å². The van der Waals surface area contributed by atoms with Gasteiger partial charge in [0.05, 0.1) is 16.5 Å². The fourth-order valence-corrected chi connectivity index (χ4v) is 3.61. The Labute approximate surface area is 131 Å². The van der Waals surface area contributed by atoms with E-state index in [-0.39, 0.29) is 11.8 Å². The maximum atomic E-state index is 12.0. The van der Waals surface area contributed by atoms with Gasteiger partial charge in [0.2, 0.25) is 5.91 Å². The van der Waals surface area contributed by atoms with Crippen molar-refractivity contribution in [3.8, 4) is 10.6 Å². The molecule has 0 radical (unpaired) electrons. The Morgan fingerprint density at radius 3 is 3.05 bits per heavy atom. The summed E-state index contributed by atoms with van der Waals surface area (Å²) in [7, 11) is 0. The zero-order valence-corrected chi connectivity index (χ0v) is 12.9. The van der Waals surface area contributed by atoms with Gasteiger partial charge >= 0.3 is 0 Å². The van der Waals surface area contributed by atoms with Gasteiger partial charge in [-0.05, 0) is 23.6 Å². The zero-order valence-electron chi connectivity index (χ0n) is 12.1. The number of nitrogens with zero attached hydrogens (tertiary/aromatic N) is 1. The van der Waals surface area contributed by atoms with E-state index in [0.717, 1.165) is 34.1 Å². The van der Waals surface area contributed by atoms with Crippen molar-refractivity contribution in [3.05, 3.63) is 46.7 Å². The number of hydrogen-bond donors (Lipinski definition) is 2. The van der Waals surface area contributed by atoms with Crippen LogP contribution in [0.1, 0.15) is 36.3 Å². The summed E-state index contributed by atoms with van der Waals surface area (Å²) < 4.78 is 5.90. The SMILES string of the molecule is CCc1ccc(C2CC(=O)Nc3n[nH]c(-c4cccs4)c32)o1. The summed E-state index contributed by atoms with van der Waals surface area (Å²) >= 11 is 1.65. The molecule has 3 aromatic heterocycles. The first-order valence-corrected chi connectivity index (χ1v) is 8.14. The number of fused-ring (bicyclic) bond motifs is 1. The minimum Gasteiger partial charge on any atom is -0.465 e. The molecular formula is C16H15N3O2S. The van der Waals surface area contributed by atoms with E-state index in [4.69, 9.17) is 4.42 Å². The molecule has 6 heteroatoms. The standard InChI is InChI=1S/C16H15N3O2S/c1-2-9-5-6-11(21-9)10-8-13(20)17-16-14(10)15(18-19-16)12-4-3-7-22-12/h3-7,10H,2,8H2,1H3,(H2,17,18,19,20). The van der Waals surface area contributed by atoms with Gasteiger partial charge in [-0.25, -0.2) is 0 Å². The second-order valence-electron chi connectivity index (χ2n) is 5.30. The van der Waals surface area contributed by atoms with E-state index < -0.39 is 0 Å². The van der Waals surface area contributed by atoms with Crippen LogP contribution in [0.5, 0.6) is 0 Å². The lowest BCUT2D eigenvalue weighted by atomic mass is 9.89. The number of anilines is 1. The minimum absolute atomic E-state index is 0.0313. The van der Waals surface area contributed by atoms with Crippen LogP contribution in [0, 0.1) is 0 Å². The molecule has 2 N–H and O–H groups in total. The van der Waals surface area contributed by atoms with E-state index in [2.05, 4.69) is 22.4 Å². The molecule has 0 spiro atoms. The van der Waals surface area contributed by atoms with Gasteiger partial charge in [-0.2, -0.15) is 5.10 Å². The molecule has 0 saturated carbocycles. The van der Waals surface area contributed by atoms with Crippen LogP contribution in [0.15, 0.2) is 34.1 Å². The molecule has 0 fully saturated rings. The van der Waals surface area contributed by atoms with Crippen LogP contribution in [0.3, 0.4) is 0 Å². The lowest BCUT2D eigenvalue weighted by Gasteiger charge is -2.21. The Hall–Kier alpha value is -2.34. The maximum Gasteiger partial charge on any atom is 0.226 e. The molecule has 22 heavy (non-hydrogen) atoms. The molecule has 0 saturated heterocycles. The predicted octanol–water partition coefficient (Wildman–Crippen LogP) is 3.77. The number of thiophene rings is 1. The quantitative estimate of drug-likeness (QED) is 0.773. The molecule has 4 heterocycles. The number of aromatic amines is 1. The third-order valence-electron chi connectivity index (χ3n) is 3.94. The number of amides is 1. The van der Waals surface area contributed by atoms with E-state index in [9.17, 15) is 4.79 Å². The first kappa shape index (κ1) is 13.3. The fraction of sp³-hybridized carbons (Fsp3) is 0.250. The van der Waals surface area contributed by atoms with E-state index in [1.165, 1.54) is 0 Å². The van der Waals surface area contributed by atoms with E-state index >= 15 is 0 Å². The van der Waals surface area contributed by atoms with Gasteiger partial charge in [-0.3, -0.25) is 9.89 Å². The highest BCUT2D eigenvalue weighted by Crippen LogP contribution is 2.43. The third kappa shape index (κ3) is 2.07. The summed E-state index contributed by atoms with van der Waals surface area (Å²) in [6, 6.07) is 8.00. The lowest BCUT2D eigenvalue weighted by molar-refractivity contribution is -0.116. The Morgan fingerprint density at radius 1 is 1.41 bits per heavy atom. The van der Waals surface area contributed by atoms with Crippen LogP contribution < -0.4 is 5.32 Å². The van der Waals surface area contributed by atoms with Gasteiger partial charge in [0.25, 0.3) is 0 Å². The lowest BCUT2D eigenvalue weighted by Crippen LogP contribution is -2.23. The molecule has 0 aromatic carbocycles. The van der Waals surface area contributed by atoms with Gasteiger partial charge in [0.15, 0.2) is 5.82 Å². The Balaban J connectivity index is 1.84. The summed E-state index contributed by atoms with van der Waals surface area (Å²) in [5.41, 5.74) is 1.98. The monoisotopic (exact) mass is 313 g/mol. The van der Waals surface area contributed by atoms with Crippen molar-refractivity contribution in [2.45, 2.75) is 25.7 Å². The van der Waals surface area contributed by atoms with E-state index in [1.807, 2.05) is 29.6 Å². The van der Waals surface area contributed by atoms with Crippen molar-refractivity contribution in [2.75, 3.05) is 5.32 Å². The smallest absolute Gasteiger partial charge is 0.226 e. The summed E-state index contributed by atoms with van der Waals surface area (Å²) in [4.78, 5) is 13.1. The Kier molecular flexibility index (Phi) is 3.11. The minimum atomic E-state index is -0.0973. The van der Waals surface area contributed by atoms with Crippen LogP contribution in [0.25, 0.3) is 10.6 Å². The molecular weight excluding hydrogens is 298 g/mol. The molecule has 112 valence electrons. The molecule has 1 aliphatic heterocycles. The van der Waals surface area contributed by atoms with Gasteiger partial charge in [0, 0.05) is 18.4 Å². The molecule has 1 unspecified atom stereocenters. The van der Waals surface area contributed by atoms with Crippen molar-refractivity contribution >= 4 is 23.1 Å². The van der Waals surface area contributed by atoms with Crippen molar-refractivity contribution in [1.82, 2.24) is 10.2 Å². The Morgan fingerprint density at radius 2 is 2.32 bits per heavy atom. The van der Waals surface area contributed by atoms with E-state index in [0.29, 0.717) is 12.2 Å².